The molecule has 1 heterocycles. The van der Waals surface area contributed by atoms with Crippen LogP contribution in [0.1, 0.15) is 68.9 Å². The van der Waals surface area contributed by atoms with Gasteiger partial charge in [0.25, 0.3) is 0 Å². The van der Waals surface area contributed by atoms with Crippen molar-refractivity contribution in [2.75, 3.05) is 13.2 Å². The van der Waals surface area contributed by atoms with E-state index in [-0.39, 0.29) is 23.5 Å². The Bertz CT molecular complexity index is 991. The van der Waals surface area contributed by atoms with Crippen LogP contribution in [-0.4, -0.2) is 24.9 Å². The van der Waals surface area contributed by atoms with Crippen LogP contribution in [0.2, 0.25) is 0 Å². The Hall–Kier alpha value is -3.08. The molecular formula is C27H31NO4. The van der Waals surface area contributed by atoms with Gasteiger partial charge < -0.3 is 14.8 Å². The molecule has 1 amide bonds. The Morgan fingerprint density at radius 2 is 1.34 bits per heavy atom. The van der Waals surface area contributed by atoms with E-state index in [2.05, 4.69) is 19.2 Å². The average Bonchev–Trinajstić information content (AvgIpc) is 2.81. The highest BCUT2D eigenvalue weighted by atomic mass is 16.5. The summed E-state index contributed by atoms with van der Waals surface area (Å²) in [5, 5.41) is 3.00. The third-order valence-electron chi connectivity index (χ3n) is 6.12. The molecule has 2 atom stereocenters. The highest BCUT2D eigenvalue weighted by molar-refractivity contribution is 6.02. The zero-order valence-electron chi connectivity index (χ0n) is 18.9. The summed E-state index contributed by atoms with van der Waals surface area (Å²) >= 11 is 0. The fraction of sp³-hybridized carbons (Fsp3) is 0.407. The fourth-order valence-electron chi connectivity index (χ4n) is 4.55. The molecule has 0 radical (unpaired) electrons. The summed E-state index contributed by atoms with van der Waals surface area (Å²) < 4.78 is 11.3. The van der Waals surface area contributed by atoms with Crippen LogP contribution in [0, 0.1) is 0 Å². The van der Waals surface area contributed by atoms with Crippen molar-refractivity contribution in [2.24, 2.45) is 0 Å². The van der Waals surface area contributed by atoms with Gasteiger partial charge in [0.05, 0.1) is 13.2 Å². The summed E-state index contributed by atoms with van der Waals surface area (Å²) in [5.41, 5.74) is 3.64. The second-order valence-corrected chi connectivity index (χ2v) is 8.56. The van der Waals surface area contributed by atoms with Crippen molar-refractivity contribution in [1.29, 1.82) is 0 Å². The van der Waals surface area contributed by atoms with Crippen LogP contribution in [0.3, 0.4) is 0 Å². The number of ketones is 1. The summed E-state index contributed by atoms with van der Waals surface area (Å²) in [7, 11) is 0. The van der Waals surface area contributed by atoms with Gasteiger partial charge in [-0.15, -0.1) is 0 Å². The number of Topliss-reactive ketones (excluding diaryl/α,β-unsaturated/α-hetero) is 1. The molecule has 1 aliphatic carbocycles. The standard InChI is InChI=1S/C27H31NO4/c1-3-13-31-21-9-5-18(6-10-21)20-15-24-27(25(29)16-20)23(17-26(30)28-24)19-7-11-22(12-8-19)32-14-4-2/h5-12,20,23H,3-4,13-17H2,1-2H3,(H,28,30). The SMILES string of the molecule is CCCOc1ccc(C2CC(=O)C3=C(C2)NC(=O)CC3c2ccc(OCCC)cc2)cc1. The minimum Gasteiger partial charge on any atom is -0.494 e. The number of hydrogen-bond donors (Lipinski definition) is 1. The number of amides is 1. The first-order valence-electron chi connectivity index (χ1n) is 11.6. The Kier molecular flexibility index (Phi) is 6.93. The Labute approximate surface area is 189 Å². The van der Waals surface area contributed by atoms with Gasteiger partial charge in [-0.05, 0) is 60.6 Å². The van der Waals surface area contributed by atoms with Crippen LogP contribution in [-0.2, 0) is 9.59 Å². The zero-order valence-corrected chi connectivity index (χ0v) is 18.9. The molecule has 0 bridgehead atoms. The largest absolute Gasteiger partial charge is 0.494 e. The molecule has 32 heavy (non-hydrogen) atoms. The molecule has 0 saturated heterocycles. The molecule has 168 valence electrons. The maximum Gasteiger partial charge on any atom is 0.225 e. The molecule has 2 aromatic carbocycles. The number of carbonyl (C=O) groups is 2. The predicted octanol–water partition coefficient (Wildman–Crippen LogP) is 5.27. The van der Waals surface area contributed by atoms with Crippen LogP contribution in [0.4, 0.5) is 0 Å². The second-order valence-electron chi connectivity index (χ2n) is 8.56. The van der Waals surface area contributed by atoms with E-state index in [0.717, 1.165) is 46.7 Å². The van der Waals surface area contributed by atoms with Crippen LogP contribution in [0.15, 0.2) is 59.8 Å². The van der Waals surface area contributed by atoms with Crippen molar-refractivity contribution in [1.82, 2.24) is 5.32 Å². The smallest absolute Gasteiger partial charge is 0.225 e. The van der Waals surface area contributed by atoms with Crippen molar-refractivity contribution in [2.45, 2.75) is 57.8 Å². The van der Waals surface area contributed by atoms with Crippen molar-refractivity contribution >= 4 is 11.7 Å². The monoisotopic (exact) mass is 433 g/mol. The maximum atomic E-state index is 13.3. The van der Waals surface area contributed by atoms with Crippen molar-refractivity contribution in [3.63, 3.8) is 0 Å². The van der Waals surface area contributed by atoms with Gasteiger partial charge in [-0.25, -0.2) is 0 Å². The number of rotatable bonds is 8. The van der Waals surface area contributed by atoms with E-state index >= 15 is 0 Å². The van der Waals surface area contributed by atoms with Gasteiger partial charge in [0, 0.05) is 30.0 Å². The van der Waals surface area contributed by atoms with Gasteiger partial charge in [-0.3, -0.25) is 9.59 Å². The summed E-state index contributed by atoms with van der Waals surface area (Å²) in [6.45, 7) is 5.51. The van der Waals surface area contributed by atoms with Gasteiger partial charge in [-0.1, -0.05) is 38.1 Å². The van der Waals surface area contributed by atoms with E-state index in [1.165, 1.54) is 0 Å². The van der Waals surface area contributed by atoms with Crippen molar-refractivity contribution < 1.29 is 19.1 Å². The lowest BCUT2D eigenvalue weighted by Gasteiger charge is -2.34. The number of ether oxygens (including phenoxy) is 2. The minimum absolute atomic E-state index is 0.0307. The quantitative estimate of drug-likeness (QED) is 0.616. The summed E-state index contributed by atoms with van der Waals surface area (Å²) in [6.07, 6.45) is 3.33. The summed E-state index contributed by atoms with van der Waals surface area (Å²) in [6, 6.07) is 15.8. The predicted molar refractivity (Wildman–Crippen MR) is 124 cm³/mol. The zero-order chi connectivity index (χ0) is 22.5. The lowest BCUT2D eigenvalue weighted by molar-refractivity contribution is -0.122. The van der Waals surface area contributed by atoms with Gasteiger partial charge in [0.2, 0.25) is 5.91 Å². The minimum atomic E-state index is -0.197. The molecule has 5 nitrogen and oxygen atoms in total. The summed E-state index contributed by atoms with van der Waals surface area (Å²) in [5.74, 6) is 1.61. The first kappa shape index (κ1) is 22.1. The van der Waals surface area contributed by atoms with Crippen LogP contribution in [0.25, 0.3) is 0 Å². The molecule has 0 spiro atoms. The van der Waals surface area contributed by atoms with Crippen molar-refractivity contribution in [3.05, 3.63) is 70.9 Å². The van der Waals surface area contributed by atoms with Gasteiger partial charge >= 0.3 is 0 Å². The molecule has 1 aliphatic heterocycles. The Morgan fingerprint density at radius 1 is 0.781 bits per heavy atom. The first-order valence-corrected chi connectivity index (χ1v) is 11.6. The molecule has 2 aliphatic rings. The summed E-state index contributed by atoms with van der Waals surface area (Å²) in [4.78, 5) is 25.8. The normalized spacial score (nSPS) is 20.6. The van der Waals surface area contributed by atoms with E-state index in [1.54, 1.807) is 0 Å². The van der Waals surface area contributed by atoms with Gasteiger partial charge in [0.1, 0.15) is 11.5 Å². The molecule has 5 heteroatoms. The highest BCUT2D eigenvalue weighted by Gasteiger charge is 2.38. The molecule has 0 saturated carbocycles. The first-order chi connectivity index (χ1) is 15.6. The molecule has 1 N–H and O–H groups in total. The molecule has 0 fully saturated rings. The Balaban J connectivity index is 1.55. The lowest BCUT2D eigenvalue weighted by atomic mass is 9.73. The number of allylic oxidation sites excluding steroid dienone is 2. The van der Waals surface area contributed by atoms with Crippen LogP contribution < -0.4 is 14.8 Å². The molecule has 2 unspecified atom stereocenters. The van der Waals surface area contributed by atoms with E-state index in [4.69, 9.17) is 9.47 Å². The fourth-order valence-corrected chi connectivity index (χ4v) is 4.55. The van der Waals surface area contributed by atoms with Crippen LogP contribution >= 0.6 is 0 Å². The maximum absolute atomic E-state index is 13.3. The van der Waals surface area contributed by atoms with Crippen molar-refractivity contribution in [3.8, 4) is 11.5 Å². The molecule has 4 rings (SSSR count). The number of benzene rings is 2. The average molecular weight is 434 g/mol. The molecule has 2 aromatic rings. The number of hydrogen-bond acceptors (Lipinski definition) is 4. The third kappa shape index (κ3) is 4.87. The van der Waals surface area contributed by atoms with Gasteiger partial charge in [0.15, 0.2) is 5.78 Å². The second kappa shape index (κ2) is 10.0. The van der Waals surface area contributed by atoms with E-state index in [0.29, 0.717) is 32.5 Å². The van der Waals surface area contributed by atoms with Gasteiger partial charge in [-0.2, -0.15) is 0 Å². The molecular weight excluding hydrogens is 402 g/mol. The van der Waals surface area contributed by atoms with E-state index in [9.17, 15) is 9.59 Å². The van der Waals surface area contributed by atoms with E-state index in [1.807, 2.05) is 48.5 Å². The topological polar surface area (TPSA) is 64.6 Å². The molecule has 0 aromatic heterocycles. The highest BCUT2D eigenvalue weighted by Crippen LogP contribution is 2.43. The Morgan fingerprint density at radius 3 is 1.91 bits per heavy atom. The van der Waals surface area contributed by atoms with Crippen LogP contribution in [0.5, 0.6) is 11.5 Å². The third-order valence-corrected chi connectivity index (χ3v) is 6.12. The number of nitrogens with one attached hydrogen (secondary N) is 1. The van der Waals surface area contributed by atoms with E-state index < -0.39 is 0 Å². The number of carbonyl (C=O) groups excluding carboxylic acids is 2. The lowest BCUT2D eigenvalue weighted by Crippen LogP contribution is -2.38.